The Morgan fingerprint density at radius 2 is 2.20 bits per heavy atom. The number of hydrogen-bond donors (Lipinski definition) is 0. The highest BCUT2D eigenvalue weighted by Gasteiger charge is 2.42. The predicted molar refractivity (Wildman–Crippen MR) is 78.6 cm³/mol. The third-order valence-electron chi connectivity index (χ3n) is 4.36. The van der Waals surface area contributed by atoms with E-state index < -0.39 is 0 Å². The lowest BCUT2D eigenvalue weighted by Gasteiger charge is -2.27. The second kappa shape index (κ2) is 7.23. The minimum Gasteiger partial charge on any atom is -0.465 e. The zero-order chi connectivity index (χ0) is 14.4. The molecule has 4 nitrogen and oxygen atoms in total. The molecule has 0 N–H and O–H groups in total. The van der Waals surface area contributed by atoms with Crippen molar-refractivity contribution >= 4 is 5.97 Å². The molecule has 1 saturated heterocycles. The summed E-state index contributed by atoms with van der Waals surface area (Å²) in [4.78, 5) is 13.7. The van der Waals surface area contributed by atoms with E-state index in [-0.39, 0.29) is 17.7 Å². The van der Waals surface area contributed by atoms with Gasteiger partial charge in [-0.05, 0) is 32.6 Å². The van der Waals surface area contributed by atoms with Crippen molar-refractivity contribution in [3.05, 3.63) is 12.7 Å². The standard InChI is InChI=1S/C16H27NO3/c1-3-11-17(13-15(18)19-4-2)12-14-7-10-16(20-14)8-5-6-9-16/h3,14H,1,4-13H2,2H3. The van der Waals surface area contributed by atoms with Gasteiger partial charge in [-0.2, -0.15) is 0 Å². The van der Waals surface area contributed by atoms with Crippen LogP contribution in [0, 0.1) is 0 Å². The van der Waals surface area contributed by atoms with Gasteiger partial charge in [0, 0.05) is 13.1 Å². The van der Waals surface area contributed by atoms with Crippen molar-refractivity contribution in [1.82, 2.24) is 4.90 Å². The highest BCUT2D eigenvalue weighted by molar-refractivity contribution is 5.71. The quantitative estimate of drug-likeness (QED) is 0.531. The van der Waals surface area contributed by atoms with Crippen LogP contribution in [0.15, 0.2) is 12.7 Å². The predicted octanol–water partition coefficient (Wildman–Crippen LogP) is 2.53. The number of nitrogens with zero attached hydrogens (tertiary/aromatic N) is 1. The summed E-state index contributed by atoms with van der Waals surface area (Å²) in [7, 11) is 0. The van der Waals surface area contributed by atoms with E-state index in [1.54, 1.807) is 0 Å². The molecule has 0 aromatic heterocycles. The lowest BCUT2D eigenvalue weighted by molar-refractivity contribution is -0.144. The lowest BCUT2D eigenvalue weighted by atomic mass is 9.98. The first-order valence-electron chi connectivity index (χ1n) is 7.84. The molecule has 114 valence electrons. The molecule has 0 amide bonds. The largest absolute Gasteiger partial charge is 0.465 e. The van der Waals surface area contributed by atoms with Gasteiger partial charge in [-0.3, -0.25) is 9.69 Å². The Labute approximate surface area is 122 Å². The molecule has 0 bridgehead atoms. The third kappa shape index (κ3) is 4.06. The second-order valence-electron chi connectivity index (χ2n) is 5.96. The maximum Gasteiger partial charge on any atom is 0.320 e. The number of carbonyl (C=O) groups excluding carboxylic acids is 1. The Hall–Kier alpha value is -0.870. The average Bonchev–Trinajstić information content (AvgIpc) is 3.01. The lowest BCUT2D eigenvalue weighted by Crippen LogP contribution is -2.38. The Balaban J connectivity index is 1.82. The fourth-order valence-electron chi connectivity index (χ4n) is 3.47. The van der Waals surface area contributed by atoms with Crippen molar-refractivity contribution < 1.29 is 14.3 Å². The van der Waals surface area contributed by atoms with E-state index in [2.05, 4.69) is 11.5 Å². The molecule has 1 aliphatic carbocycles. The fraction of sp³-hybridized carbons (Fsp3) is 0.812. The van der Waals surface area contributed by atoms with Gasteiger partial charge in [0.1, 0.15) is 0 Å². The summed E-state index contributed by atoms with van der Waals surface area (Å²) >= 11 is 0. The van der Waals surface area contributed by atoms with E-state index in [0.29, 0.717) is 19.7 Å². The van der Waals surface area contributed by atoms with Crippen LogP contribution in [0.25, 0.3) is 0 Å². The first-order chi connectivity index (χ1) is 9.67. The highest BCUT2D eigenvalue weighted by atomic mass is 16.5. The number of rotatable bonds is 7. The molecule has 1 saturated carbocycles. The minimum absolute atomic E-state index is 0.161. The smallest absolute Gasteiger partial charge is 0.320 e. The Kier molecular flexibility index (Phi) is 5.61. The normalized spacial score (nSPS) is 24.4. The van der Waals surface area contributed by atoms with E-state index in [1.165, 1.54) is 32.1 Å². The summed E-state index contributed by atoms with van der Waals surface area (Å²) in [6, 6.07) is 0. The fourth-order valence-corrected chi connectivity index (χ4v) is 3.47. The first kappa shape index (κ1) is 15.5. The van der Waals surface area contributed by atoms with Gasteiger partial charge < -0.3 is 9.47 Å². The molecule has 2 aliphatic rings. The Bertz CT molecular complexity index is 337. The van der Waals surface area contributed by atoms with Crippen LogP contribution in [0.4, 0.5) is 0 Å². The Morgan fingerprint density at radius 1 is 1.45 bits per heavy atom. The van der Waals surface area contributed by atoms with Gasteiger partial charge >= 0.3 is 5.97 Å². The van der Waals surface area contributed by atoms with Crippen LogP contribution >= 0.6 is 0 Å². The summed E-state index contributed by atoms with van der Waals surface area (Å²) in [5, 5.41) is 0. The van der Waals surface area contributed by atoms with E-state index in [9.17, 15) is 4.79 Å². The van der Waals surface area contributed by atoms with Crippen LogP contribution in [-0.2, 0) is 14.3 Å². The molecular formula is C16H27NO3. The van der Waals surface area contributed by atoms with Crippen molar-refractivity contribution in [2.45, 2.75) is 57.2 Å². The van der Waals surface area contributed by atoms with Crippen LogP contribution in [0.5, 0.6) is 0 Å². The topological polar surface area (TPSA) is 38.8 Å². The maximum absolute atomic E-state index is 11.6. The van der Waals surface area contributed by atoms with Gasteiger partial charge in [-0.25, -0.2) is 0 Å². The SMILES string of the molecule is C=CCN(CC(=O)OCC)CC1CCC2(CCCC2)O1. The summed E-state index contributed by atoms with van der Waals surface area (Å²) in [6.07, 6.45) is 9.39. The van der Waals surface area contributed by atoms with Gasteiger partial charge in [0.15, 0.2) is 0 Å². The third-order valence-corrected chi connectivity index (χ3v) is 4.36. The van der Waals surface area contributed by atoms with E-state index in [4.69, 9.17) is 9.47 Å². The average molecular weight is 281 g/mol. The summed E-state index contributed by atoms with van der Waals surface area (Å²) < 4.78 is 11.3. The molecule has 0 aromatic rings. The van der Waals surface area contributed by atoms with E-state index >= 15 is 0 Å². The van der Waals surface area contributed by atoms with Gasteiger partial charge in [0.25, 0.3) is 0 Å². The number of carbonyl (C=O) groups is 1. The molecule has 2 rings (SSSR count). The molecule has 2 fully saturated rings. The van der Waals surface area contributed by atoms with Gasteiger partial charge in [-0.1, -0.05) is 18.9 Å². The number of ether oxygens (including phenoxy) is 2. The van der Waals surface area contributed by atoms with Crippen molar-refractivity contribution in [2.24, 2.45) is 0 Å². The number of esters is 1. The van der Waals surface area contributed by atoms with Crippen LogP contribution < -0.4 is 0 Å². The molecule has 1 atom stereocenters. The van der Waals surface area contributed by atoms with Gasteiger partial charge in [0.05, 0.1) is 24.9 Å². The molecule has 0 aromatic carbocycles. The van der Waals surface area contributed by atoms with Crippen molar-refractivity contribution in [2.75, 3.05) is 26.2 Å². The van der Waals surface area contributed by atoms with Crippen molar-refractivity contribution in [1.29, 1.82) is 0 Å². The van der Waals surface area contributed by atoms with Crippen molar-refractivity contribution in [3.8, 4) is 0 Å². The molecule has 1 spiro atoms. The van der Waals surface area contributed by atoms with E-state index in [1.807, 2.05) is 13.0 Å². The van der Waals surface area contributed by atoms with E-state index in [0.717, 1.165) is 13.0 Å². The van der Waals surface area contributed by atoms with Crippen LogP contribution in [0.3, 0.4) is 0 Å². The molecule has 20 heavy (non-hydrogen) atoms. The minimum atomic E-state index is -0.164. The summed E-state index contributed by atoms with van der Waals surface area (Å²) in [5.41, 5.74) is 0.161. The number of hydrogen-bond acceptors (Lipinski definition) is 4. The molecule has 4 heteroatoms. The first-order valence-corrected chi connectivity index (χ1v) is 7.84. The van der Waals surface area contributed by atoms with Crippen LogP contribution in [0.1, 0.15) is 45.4 Å². The Morgan fingerprint density at radius 3 is 2.85 bits per heavy atom. The molecule has 1 unspecified atom stereocenters. The summed E-state index contributed by atoms with van der Waals surface area (Å²) in [5.74, 6) is -0.164. The maximum atomic E-state index is 11.6. The monoisotopic (exact) mass is 281 g/mol. The second-order valence-corrected chi connectivity index (χ2v) is 5.96. The zero-order valence-corrected chi connectivity index (χ0v) is 12.6. The molecular weight excluding hydrogens is 254 g/mol. The van der Waals surface area contributed by atoms with Crippen LogP contribution in [-0.4, -0.2) is 48.8 Å². The highest BCUT2D eigenvalue weighted by Crippen LogP contribution is 2.43. The summed E-state index contributed by atoms with van der Waals surface area (Å²) in [6.45, 7) is 7.86. The van der Waals surface area contributed by atoms with Crippen molar-refractivity contribution in [3.63, 3.8) is 0 Å². The van der Waals surface area contributed by atoms with Gasteiger partial charge in [-0.15, -0.1) is 6.58 Å². The zero-order valence-electron chi connectivity index (χ0n) is 12.6. The molecule has 1 heterocycles. The molecule has 1 aliphatic heterocycles. The van der Waals surface area contributed by atoms with Gasteiger partial charge in [0.2, 0.25) is 0 Å². The van der Waals surface area contributed by atoms with Crippen LogP contribution in [0.2, 0.25) is 0 Å². The molecule has 0 radical (unpaired) electrons.